The second-order valence-corrected chi connectivity index (χ2v) is 5.94. The monoisotopic (exact) mass is 289 g/mol. The standard InChI is InChI=1S/C10H15N3O5S/c14-10(15)8-6-11-13-9(8)19(16,17)12-4-3-7-2-1-5-18-7/h6-7,12H,1-5H2,(H,11,13)(H,14,15). The molecule has 0 aliphatic carbocycles. The third-order valence-corrected chi connectivity index (χ3v) is 4.32. The fourth-order valence-corrected chi connectivity index (χ4v) is 3.06. The number of aromatic carboxylic acids is 1. The highest BCUT2D eigenvalue weighted by Gasteiger charge is 2.25. The molecule has 9 heteroatoms. The molecule has 0 saturated carbocycles. The third-order valence-electron chi connectivity index (χ3n) is 2.89. The van der Waals surface area contributed by atoms with Crippen LogP contribution in [-0.4, -0.2) is 48.9 Å². The molecule has 3 N–H and O–H groups in total. The number of hydrogen-bond donors (Lipinski definition) is 3. The van der Waals surface area contributed by atoms with Crippen LogP contribution in [0.15, 0.2) is 11.2 Å². The summed E-state index contributed by atoms with van der Waals surface area (Å²) in [5.41, 5.74) is -0.371. The first-order chi connectivity index (χ1) is 9.00. The van der Waals surface area contributed by atoms with Crippen LogP contribution in [-0.2, 0) is 14.8 Å². The van der Waals surface area contributed by atoms with Gasteiger partial charge in [-0.2, -0.15) is 5.10 Å². The fourth-order valence-electron chi connectivity index (χ4n) is 1.93. The zero-order chi connectivity index (χ0) is 13.9. The Labute approximate surface area is 110 Å². The SMILES string of the molecule is O=C(O)c1cn[nH]c1S(=O)(=O)NCCC1CCCO1. The van der Waals surface area contributed by atoms with Gasteiger partial charge in [0.2, 0.25) is 0 Å². The number of ether oxygens (including phenoxy) is 1. The van der Waals surface area contributed by atoms with Crippen LogP contribution in [0.4, 0.5) is 0 Å². The topological polar surface area (TPSA) is 121 Å². The van der Waals surface area contributed by atoms with Crippen LogP contribution >= 0.6 is 0 Å². The Morgan fingerprint density at radius 3 is 3.05 bits per heavy atom. The van der Waals surface area contributed by atoms with Crippen LogP contribution in [0.5, 0.6) is 0 Å². The Kier molecular flexibility index (Phi) is 4.17. The number of sulfonamides is 1. The first-order valence-corrected chi connectivity index (χ1v) is 7.37. The molecule has 0 radical (unpaired) electrons. The number of rotatable bonds is 6. The van der Waals surface area contributed by atoms with Crippen molar-refractivity contribution in [1.82, 2.24) is 14.9 Å². The number of carboxylic acids is 1. The van der Waals surface area contributed by atoms with E-state index in [0.717, 1.165) is 19.0 Å². The van der Waals surface area contributed by atoms with E-state index >= 15 is 0 Å². The van der Waals surface area contributed by atoms with Gasteiger partial charge < -0.3 is 9.84 Å². The summed E-state index contributed by atoms with van der Waals surface area (Å²) >= 11 is 0. The Hall–Kier alpha value is -1.45. The first-order valence-electron chi connectivity index (χ1n) is 5.88. The number of aromatic nitrogens is 2. The molecule has 106 valence electrons. The molecule has 0 amide bonds. The number of H-pyrrole nitrogens is 1. The highest BCUT2D eigenvalue weighted by atomic mass is 32.2. The molecule has 2 heterocycles. The highest BCUT2D eigenvalue weighted by Crippen LogP contribution is 2.15. The summed E-state index contributed by atoms with van der Waals surface area (Å²) in [6.07, 6.45) is 3.52. The van der Waals surface area contributed by atoms with Crippen LogP contribution in [0.3, 0.4) is 0 Å². The van der Waals surface area contributed by atoms with Crippen molar-refractivity contribution in [2.45, 2.75) is 30.4 Å². The molecule has 1 atom stereocenters. The Morgan fingerprint density at radius 1 is 1.63 bits per heavy atom. The third kappa shape index (κ3) is 3.31. The van der Waals surface area contributed by atoms with E-state index in [1.54, 1.807) is 0 Å². The zero-order valence-electron chi connectivity index (χ0n) is 10.1. The molecule has 1 saturated heterocycles. The molecular weight excluding hydrogens is 274 g/mol. The highest BCUT2D eigenvalue weighted by molar-refractivity contribution is 7.89. The summed E-state index contributed by atoms with van der Waals surface area (Å²) in [4.78, 5) is 10.8. The number of nitrogens with zero attached hydrogens (tertiary/aromatic N) is 1. The van der Waals surface area contributed by atoms with Crippen molar-refractivity contribution in [3.05, 3.63) is 11.8 Å². The number of nitrogens with one attached hydrogen (secondary N) is 2. The van der Waals surface area contributed by atoms with Crippen LogP contribution in [0.2, 0.25) is 0 Å². The van der Waals surface area contributed by atoms with Gasteiger partial charge in [0.05, 0.1) is 12.3 Å². The molecule has 1 aliphatic heterocycles. The summed E-state index contributed by atoms with van der Waals surface area (Å²) in [6.45, 7) is 0.909. The maximum absolute atomic E-state index is 11.9. The lowest BCUT2D eigenvalue weighted by Crippen LogP contribution is -2.28. The maximum atomic E-state index is 11.9. The van der Waals surface area contributed by atoms with Gasteiger partial charge in [0, 0.05) is 13.2 Å². The lowest BCUT2D eigenvalue weighted by Gasteiger charge is -2.10. The predicted octanol–water partition coefficient (Wildman–Crippen LogP) is -0.0447. The average molecular weight is 289 g/mol. The molecule has 1 unspecified atom stereocenters. The van der Waals surface area contributed by atoms with Gasteiger partial charge in [-0.1, -0.05) is 0 Å². The van der Waals surface area contributed by atoms with Gasteiger partial charge >= 0.3 is 5.97 Å². The van der Waals surface area contributed by atoms with E-state index in [1.165, 1.54) is 0 Å². The normalized spacial score (nSPS) is 19.7. The van der Waals surface area contributed by atoms with Crippen molar-refractivity contribution >= 4 is 16.0 Å². The Balaban J connectivity index is 1.97. The molecule has 0 bridgehead atoms. The number of carboxylic acid groups (broad SMARTS) is 1. The van der Waals surface area contributed by atoms with Crippen LogP contribution in [0.25, 0.3) is 0 Å². The van der Waals surface area contributed by atoms with Crippen molar-refractivity contribution < 1.29 is 23.1 Å². The summed E-state index contributed by atoms with van der Waals surface area (Å²) in [5, 5.41) is 14.1. The lowest BCUT2D eigenvalue weighted by molar-refractivity contribution is 0.0692. The molecule has 1 fully saturated rings. The van der Waals surface area contributed by atoms with Crippen LogP contribution < -0.4 is 4.72 Å². The minimum Gasteiger partial charge on any atom is -0.478 e. The fraction of sp³-hybridized carbons (Fsp3) is 0.600. The molecule has 1 aliphatic rings. The molecule has 2 rings (SSSR count). The van der Waals surface area contributed by atoms with Gasteiger partial charge in [0.15, 0.2) is 5.03 Å². The smallest absolute Gasteiger partial charge is 0.340 e. The number of hydrogen-bond acceptors (Lipinski definition) is 5. The molecule has 1 aromatic heterocycles. The Bertz CT molecular complexity index is 547. The largest absolute Gasteiger partial charge is 0.478 e. The zero-order valence-corrected chi connectivity index (χ0v) is 10.9. The predicted molar refractivity (Wildman–Crippen MR) is 64.3 cm³/mol. The van der Waals surface area contributed by atoms with E-state index in [1.807, 2.05) is 0 Å². The molecule has 0 spiro atoms. The molecule has 19 heavy (non-hydrogen) atoms. The van der Waals surface area contributed by atoms with Gasteiger partial charge in [-0.05, 0) is 19.3 Å². The van der Waals surface area contributed by atoms with E-state index in [0.29, 0.717) is 13.0 Å². The van der Waals surface area contributed by atoms with Gasteiger partial charge in [0.25, 0.3) is 10.0 Å². The van der Waals surface area contributed by atoms with Crippen molar-refractivity contribution in [2.24, 2.45) is 0 Å². The summed E-state index contributed by atoms with van der Waals surface area (Å²) in [6, 6.07) is 0. The minimum atomic E-state index is -3.89. The molecular formula is C10H15N3O5S. The molecule has 8 nitrogen and oxygen atoms in total. The number of aromatic amines is 1. The van der Waals surface area contributed by atoms with Crippen molar-refractivity contribution in [1.29, 1.82) is 0 Å². The summed E-state index contributed by atoms with van der Waals surface area (Å²) in [5.74, 6) is -1.34. The first kappa shape index (κ1) is 14.0. The summed E-state index contributed by atoms with van der Waals surface area (Å²) < 4.78 is 31.5. The van der Waals surface area contributed by atoms with E-state index in [4.69, 9.17) is 9.84 Å². The second-order valence-electron chi connectivity index (χ2n) is 4.24. The Morgan fingerprint density at radius 2 is 2.42 bits per heavy atom. The lowest BCUT2D eigenvalue weighted by atomic mass is 10.2. The number of carbonyl (C=O) groups is 1. The van der Waals surface area contributed by atoms with Crippen molar-refractivity contribution in [3.63, 3.8) is 0 Å². The van der Waals surface area contributed by atoms with Gasteiger partial charge in [-0.25, -0.2) is 17.9 Å². The molecule has 0 aromatic carbocycles. The maximum Gasteiger partial charge on any atom is 0.340 e. The molecule has 1 aromatic rings. The van der Waals surface area contributed by atoms with Crippen LogP contribution in [0, 0.1) is 0 Å². The van der Waals surface area contributed by atoms with Gasteiger partial charge in [-0.15, -0.1) is 0 Å². The van der Waals surface area contributed by atoms with Crippen molar-refractivity contribution in [2.75, 3.05) is 13.2 Å². The van der Waals surface area contributed by atoms with Crippen LogP contribution in [0.1, 0.15) is 29.6 Å². The van der Waals surface area contributed by atoms with E-state index in [-0.39, 0.29) is 18.2 Å². The average Bonchev–Trinajstić information content (AvgIpc) is 2.99. The van der Waals surface area contributed by atoms with Gasteiger partial charge in [-0.3, -0.25) is 5.10 Å². The van der Waals surface area contributed by atoms with Crippen molar-refractivity contribution in [3.8, 4) is 0 Å². The minimum absolute atomic E-state index is 0.0726. The van der Waals surface area contributed by atoms with E-state index in [2.05, 4.69) is 14.9 Å². The van der Waals surface area contributed by atoms with Gasteiger partial charge in [0.1, 0.15) is 5.56 Å². The van der Waals surface area contributed by atoms with E-state index < -0.39 is 21.0 Å². The second kappa shape index (κ2) is 5.68. The quantitative estimate of drug-likeness (QED) is 0.675. The van der Waals surface area contributed by atoms with E-state index in [9.17, 15) is 13.2 Å². The summed E-state index contributed by atoms with van der Waals surface area (Å²) in [7, 11) is -3.89.